The van der Waals surface area contributed by atoms with Crippen LogP contribution in [-0.4, -0.2) is 19.3 Å². The van der Waals surface area contributed by atoms with Crippen LogP contribution in [0.25, 0.3) is 21.5 Å². The predicted molar refractivity (Wildman–Crippen MR) is 80.9 cm³/mol. The highest BCUT2D eigenvalue weighted by atomic mass is 16.5. The highest BCUT2D eigenvalue weighted by Gasteiger charge is 2.19. The summed E-state index contributed by atoms with van der Waals surface area (Å²) in [6.45, 7) is 0. The SMILES string of the molecule is COc1ccc2c(C#N)c3ccccc3c(O)c2c1OC. The Balaban J connectivity index is 2.64. The minimum absolute atomic E-state index is 0.0929. The molecule has 0 aliphatic carbocycles. The van der Waals surface area contributed by atoms with Gasteiger partial charge in [0.05, 0.1) is 25.2 Å². The van der Waals surface area contributed by atoms with E-state index in [0.29, 0.717) is 33.2 Å². The number of nitriles is 1. The first-order chi connectivity index (χ1) is 10.2. The number of methoxy groups -OCH3 is 2. The third kappa shape index (κ3) is 1.75. The van der Waals surface area contributed by atoms with Crippen LogP contribution in [0.3, 0.4) is 0 Å². The van der Waals surface area contributed by atoms with Gasteiger partial charge in [-0.25, -0.2) is 0 Å². The van der Waals surface area contributed by atoms with Gasteiger partial charge < -0.3 is 14.6 Å². The molecule has 0 saturated carbocycles. The summed E-state index contributed by atoms with van der Waals surface area (Å²) in [6.07, 6.45) is 0. The average Bonchev–Trinajstić information content (AvgIpc) is 2.54. The smallest absolute Gasteiger partial charge is 0.172 e. The molecule has 0 bridgehead atoms. The Hall–Kier alpha value is -2.93. The van der Waals surface area contributed by atoms with Gasteiger partial charge in [0, 0.05) is 16.2 Å². The summed E-state index contributed by atoms with van der Waals surface area (Å²) in [7, 11) is 3.05. The van der Waals surface area contributed by atoms with Crippen LogP contribution in [-0.2, 0) is 0 Å². The highest BCUT2D eigenvalue weighted by Crippen LogP contribution is 2.45. The Morgan fingerprint density at radius 1 is 0.952 bits per heavy atom. The van der Waals surface area contributed by atoms with E-state index >= 15 is 0 Å². The Kier molecular flexibility index (Phi) is 3.03. The molecule has 3 aromatic rings. The molecule has 3 aromatic carbocycles. The maximum atomic E-state index is 10.6. The maximum absolute atomic E-state index is 10.6. The zero-order valence-corrected chi connectivity index (χ0v) is 11.7. The Morgan fingerprint density at radius 2 is 1.67 bits per heavy atom. The Bertz CT molecular complexity index is 894. The van der Waals surface area contributed by atoms with E-state index in [0.717, 1.165) is 5.39 Å². The molecule has 0 fully saturated rings. The van der Waals surface area contributed by atoms with Crippen molar-refractivity contribution in [1.82, 2.24) is 0 Å². The second-order valence-electron chi connectivity index (χ2n) is 4.60. The molecule has 0 aliphatic rings. The summed E-state index contributed by atoms with van der Waals surface area (Å²) in [5.41, 5.74) is 0.513. The van der Waals surface area contributed by atoms with Crippen molar-refractivity contribution in [2.24, 2.45) is 0 Å². The van der Waals surface area contributed by atoms with Gasteiger partial charge in [-0.3, -0.25) is 0 Å². The summed E-state index contributed by atoms with van der Waals surface area (Å²) in [5, 5.41) is 22.6. The number of hydrogen-bond acceptors (Lipinski definition) is 4. The normalized spacial score (nSPS) is 10.5. The molecule has 0 heterocycles. The van der Waals surface area contributed by atoms with Crippen LogP contribution in [0.1, 0.15) is 5.56 Å². The van der Waals surface area contributed by atoms with Crippen LogP contribution >= 0.6 is 0 Å². The zero-order valence-electron chi connectivity index (χ0n) is 11.7. The van der Waals surface area contributed by atoms with Gasteiger partial charge in [-0.2, -0.15) is 5.26 Å². The fraction of sp³-hybridized carbons (Fsp3) is 0.118. The zero-order chi connectivity index (χ0) is 15.0. The molecule has 0 aromatic heterocycles. The lowest BCUT2D eigenvalue weighted by Gasteiger charge is -2.14. The lowest BCUT2D eigenvalue weighted by molar-refractivity contribution is 0.357. The summed E-state index contributed by atoms with van der Waals surface area (Å²) >= 11 is 0. The summed E-state index contributed by atoms with van der Waals surface area (Å²) < 4.78 is 10.7. The highest BCUT2D eigenvalue weighted by molar-refractivity contribution is 6.12. The minimum Gasteiger partial charge on any atom is -0.507 e. The van der Waals surface area contributed by atoms with E-state index in [1.807, 2.05) is 18.2 Å². The van der Waals surface area contributed by atoms with Crippen LogP contribution in [0.4, 0.5) is 0 Å². The molecule has 0 unspecified atom stereocenters. The van der Waals surface area contributed by atoms with E-state index in [2.05, 4.69) is 6.07 Å². The van der Waals surface area contributed by atoms with Crippen molar-refractivity contribution in [2.75, 3.05) is 14.2 Å². The van der Waals surface area contributed by atoms with E-state index in [1.54, 1.807) is 18.2 Å². The van der Waals surface area contributed by atoms with Gasteiger partial charge in [-0.15, -0.1) is 0 Å². The first kappa shape index (κ1) is 13.1. The molecule has 0 aliphatic heterocycles. The van der Waals surface area contributed by atoms with Crippen molar-refractivity contribution in [3.8, 4) is 23.3 Å². The minimum atomic E-state index is 0.0929. The van der Waals surface area contributed by atoms with Crippen molar-refractivity contribution >= 4 is 21.5 Å². The molecule has 1 N–H and O–H groups in total. The van der Waals surface area contributed by atoms with Gasteiger partial charge in [0.2, 0.25) is 0 Å². The first-order valence-corrected chi connectivity index (χ1v) is 6.41. The fourth-order valence-corrected chi connectivity index (χ4v) is 2.68. The van der Waals surface area contributed by atoms with Crippen molar-refractivity contribution < 1.29 is 14.6 Å². The second-order valence-corrected chi connectivity index (χ2v) is 4.60. The van der Waals surface area contributed by atoms with Gasteiger partial charge >= 0.3 is 0 Å². The van der Waals surface area contributed by atoms with Gasteiger partial charge in [0.25, 0.3) is 0 Å². The molecule has 0 amide bonds. The number of rotatable bonds is 2. The number of phenols is 1. The van der Waals surface area contributed by atoms with Crippen LogP contribution < -0.4 is 9.47 Å². The fourth-order valence-electron chi connectivity index (χ4n) is 2.68. The Labute approximate surface area is 121 Å². The van der Waals surface area contributed by atoms with Gasteiger partial charge in [-0.05, 0) is 12.1 Å². The van der Waals surface area contributed by atoms with E-state index in [-0.39, 0.29) is 5.75 Å². The van der Waals surface area contributed by atoms with Crippen molar-refractivity contribution in [3.63, 3.8) is 0 Å². The number of phenolic OH excluding ortho intramolecular Hbond substituents is 1. The quantitative estimate of drug-likeness (QED) is 0.728. The van der Waals surface area contributed by atoms with E-state index in [4.69, 9.17) is 9.47 Å². The molecule has 4 heteroatoms. The standard InChI is InChI=1S/C17H13NO3/c1-20-14-8-7-11-13(9-18)10-5-3-4-6-12(10)16(19)15(11)17(14)21-2/h3-8,19H,1-2H3. The largest absolute Gasteiger partial charge is 0.507 e. The summed E-state index contributed by atoms with van der Waals surface area (Å²) in [5.74, 6) is 1.03. The molecule has 0 radical (unpaired) electrons. The van der Waals surface area contributed by atoms with Crippen LogP contribution in [0.5, 0.6) is 17.2 Å². The predicted octanol–water partition coefficient (Wildman–Crippen LogP) is 3.59. The molecular weight excluding hydrogens is 266 g/mol. The molecule has 4 nitrogen and oxygen atoms in total. The lowest BCUT2D eigenvalue weighted by Crippen LogP contribution is -1.94. The van der Waals surface area contributed by atoms with E-state index in [1.165, 1.54) is 14.2 Å². The van der Waals surface area contributed by atoms with Gasteiger partial charge in [-0.1, -0.05) is 24.3 Å². The van der Waals surface area contributed by atoms with Crippen LogP contribution in [0.2, 0.25) is 0 Å². The number of fused-ring (bicyclic) bond motifs is 2. The van der Waals surface area contributed by atoms with Gasteiger partial charge in [0.1, 0.15) is 11.8 Å². The molecule has 0 saturated heterocycles. The van der Waals surface area contributed by atoms with Crippen molar-refractivity contribution in [3.05, 3.63) is 42.0 Å². The molecule has 104 valence electrons. The number of nitrogens with zero attached hydrogens (tertiary/aromatic N) is 1. The molecule has 0 atom stereocenters. The number of ether oxygens (including phenoxy) is 2. The van der Waals surface area contributed by atoms with E-state index in [9.17, 15) is 10.4 Å². The van der Waals surface area contributed by atoms with Crippen LogP contribution in [0, 0.1) is 11.3 Å². The number of aromatic hydroxyl groups is 1. The number of benzene rings is 3. The topological polar surface area (TPSA) is 62.5 Å². The maximum Gasteiger partial charge on any atom is 0.172 e. The summed E-state index contributed by atoms with van der Waals surface area (Å²) in [6, 6.07) is 13.0. The van der Waals surface area contributed by atoms with Crippen molar-refractivity contribution in [1.29, 1.82) is 5.26 Å². The average molecular weight is 279 g/mol. The first-order valence-electron chi connectivity index (χ1n) is 6.41. The summed E-state index contributed by atoms with van der Waals surface area (Å²) in [4.78, 5) is 0. The molecule has 3 rings (SSSR count). The van der Waals surface area contributed by atoms with Gasteiger partial charge in [0.15, 0.2) is 11.5 Å². The van der Waals surface area contributed by atoms with Crippen molar-refractivity contribution in [2.45, 2.75) is 0 Å². The third-order valence-corrected chi connectivity index (χ3v) is 3.62. The Morgan fingerprint density at radius 3 is 2.29 bits per heavy atom. The molecule has 0 spiro atoms. The molecular formula is C17H13NO3. The lowest BCUT2D eigenvalue weighted by atomic mass is 9.95. The van der Waals surface area contributed by atoms with E-state index < -0.39 is 0 Å². The monoisotopic (exact) mass is 279 g/mol. The number of hydrogen-bond donors (Lipinski definition) is 1. The second kappa shape index (κ2) is 4.88. The van der Waals surface area contributed by atoms with Crippen LogP contribution in [0.15, 0.2) is 36.4 Å². The molecule has 21 heavy (non-hydrogen) atoms. The third-order valence-electron chi connectivity index (χ3n) is 3.62.